The zero-order chi connectivity index (χ0) is 15.9. The second kappa shape index (κ2) is 8.70. The SMILES string of the molecule is O[C@H](COc1ccc(C2CCCCC2)cc1)CN1CCCCC1. The van der Waals surface area contributed by atoms with E-state index in [-0.39, 0.29) is 0 Å². The molecule has 1 saturated heterocycles. The molecule has 0 bridgehead atoms. The highest BCUT2D eigenvalue weighted by atomic mass is 16.5. The molecule has 1 heterocycles. The van der Waals surface area contributed by atoms with Crippen molar-refractivity contribution < 1.29 is 9.84 Å². The number of ether oxygens (including phenoxy) is 1. The van der Waals surface area contributed by atoms with E-state index in [1.54, 1.807) is 0 Å². The molecule has 1 aliphatic heterocycles. The fraction of sp³-hybridized carbons (Fsp3) is 0.700. The van der Waals surface area contributed by atoms with Gasteiger partial charge in [0.1, 0.15) is 18.5 Å². The van der Waals surface area contributed by atoms with Gasteiger partial charge in [0.25, 0.3) is 0 Å². The Balaban J connectivity index is 1.42. The first kappa shape index (κ1) is 16.8. The van der Waals surface area contributed by atoms with Crippen molar-refractivity contribution in [3.63, 3.8) is 0 Å². The summed E-state index contributed by atoms with van der Waals surface area (Å²) >= 11 is 0. The highest BCUT2D eigenvalue weighted by molar-refractivity contribution is 5.29. The number of benzene rings is 1. The van der Waals surface area contributed by atoms with E-state index < -0.39 is 6.10 Å². The summed E-state index contributed by atoms with van der Waals surface area (Å²) in [6.45, 7) is 3.36. The molecule has 1 aromatic carbocycles. The number of aliphatic hydroxyl groups excluding tert-OH is 1. The molecule has 1 saturated carbocycles. The van der Waals surface area contributed by atoms with Crippen molar-refractivity contribution in [2.45, 2.75) is 63.4 Å². The highest BCUT2D eigenvalue weighted by Gasteiger charge is 2.16. The first-order valence-corrected chi connectivity index (χ1v) is 9.44. The number of β-amino-alcohol motifs (C(OH)–C–C–N with tert-alkyl or cyclic N) is 1. The smallest absolute Gasteiger partial charge is 0.119 e. The van der Waals surface area contributed by atoms with E-state index in [2.05, 4.69) is 29.2 Å². The molecule has 0 spiro atoms. The van der Waals surface area contributed by atoms with Gasteiger partial charge in [-0.1, -0.05) is 37.8 Å². The fourth-order valence-electron chi connectivity index (χ4n) is 3.96. The Labute approximate surface area is 140 Å². The van der Waals surface area contributed by atoms with Crippen molar-refractivity contribution in [2.24, 2.45) is 0 Å². The van der Waals surface area contributed by atoms with Gasteiger partial charge >= 0.3 is 0 Å². The van der Waals surface area contributed by atoms with E-state index in [1.807, 2.05) is 0 Å². The van der Waals surface area contributed by atoms with Crippen molar-refractivity contribution in [3.8, 4) is 5.75 Å². The lowest BCUT2D eigenvalue weighted by molar-refractivity contribution is 0.0617. The monoisotopic (exact) mass is 317 g/mol. The lowest BCUT2D eigenvalue weighted by Crippen LogP contribution is -2.38. The van der Waals surface area contributed by atoms with Crippen LogP contribution in [0.25, 0.3) is 0 Å². The Morgan fingerprint density at radius 3 is 2.30 bits per heavy atom. The Bertz CT molecular complexity index is 447. The Morgan fingerprint density at radius 2 is 1.61 bits per heavy atom. The number of piperidine rings is 1. The minimum absolute atomic E-state index is 0.388. The maximum Gasteiger partial charge on any atom is 0.119 e. The minimum atomic E-state index is -0.397. The summed E-state index contributed by atoms with van der Waals surface area (Å²) in [5.74, 6) is 1.62. The molecular formula is C20H31NO2. The summed E-state index contributed by atoms with van der Waals surface area (Å²) in [7, 11) is 0. The topological polar surface area (TPSA) is 32.7 Å². The van der Waals surface area contributed by atoms with Crippen molar-refractivity contribution in [1.29, 1.82) is 0 Å². The van der Waals surface area contributed by atoms with Crippen molar-refractivity contribution in [1.82, 2.24) is 4.90 Å². The lowest BCUT2D eigenvalue weighted by atomic mass is 9.84. The average molecular weight is 317 g/mol. The van der Waals surface area contributed by atoms with Gasteiger partial charge in [0.2, 0.25) is 0 Å². The maximum atomic E-state index is 10.2. The van der Waals surface area contributed by atoms with Crippen LogP contribution < -0.4 is 4.74 Å². The number of rotatable bonds is 6. The molecule has 3 rings (SSSR count). The van der Waals surface area contributed by atoms with Crippen LogP contribution in [0, 0.1) is 0 Å². The first-order valence-electron chi connectivity index (χ1n) is 9.44. The van der Waals surface area contributed by atoms with E-state index in [9.17, 15) is 5.11 Å². The quantitative estimate of drug-likeness (QED) is 0.862. The third-order valence-corrected chi connectivity index (χ3v) is 5.32. The zero-order valence-corrected chi connectivity index (χ0v) is 14.3. The number of aliphatic hydroxyl groups is 1. The van der Waals surface area contributed by atoms with Gasteiger partial charge in [-0.05, 0) is 62.4 Å². The number of likely N-dealkylation sites (tertiary alicyclic amines) is 1. The summed E-state index contributed by atoms with van der Waals surface area (Å²) in [6.07, 6.45) is 10.2. The van der Waals surface area contributed by atoms with Crippen LogP contribution >= 0.6 is 0 Å². The van der Waals surface area contributed by atoms with Crippen LogP contribution in [0.4, 0.5) is 0 Å². The van der Waals surface area contributed by atoms with Crippen LogP contribution in [0.3, 0.4) is 0 Å². The predicted molar refractivity (Wildman–Crippen MR) is 94.1 cm³/mol. The van der Waals surface area contributed by atoms with Crippen LogP contribution in [0.2, 0.25) is 0 Å². The van der Waals surface area contributed by atoms with E-state index in [0.29, 0.717) is 6.61 Å². The average Bonchev–Trinajstić information content (AvgIpc) is 2.62. The van der Waals surface area contributed by atoms with E-state index in [1.165, 1.54) is 56.9 Å². The summed E-state index contributed by atoms with van der Waals surface area (Å²) in [4.78, 5) is 2.35. The van der Waals surface area contributed by atoms with Gasteiger partial charge in [-0.25, -0.2) is 0 Å². The van der Waals surface area contributed by atoms with Crippen molar-refractivity contribution in [2.75, 3.05) is 26.2 Å². The van der Waals surface area contributed by atoms with Crippen LogP contribution in [0.15, 0.2) is 24.3 Å². The van der Waals surface area contributed by atoms with Gasteiger partial charge in [0, 0.05) is 6.54 Å². The molecule has 1 atom stereocenters. The second-order valence-corrected chi connectivity index (χ2v) is 7.23. The third kappa shape index (κ3) is 5.22. The van der Waals surface area contributed by atoms with Crippen molar-refractivity contribution >= 4 is 0 Å². The van der Waals surface area contributed by atoms with Gasteiger partial charge < -0.3 is 14.7 Å². The molecule has 1 N–H and O–H groups in total. The molecule has 23 heavy (non-hydrogen) atoms. The van der Waals surface area contributed by atoms with Crippen LogP contribution in [-0.2, 0) is 0 Å². The van der Waals surface area contributed by atoms with Gasteiger partial charge in [0.05, 0.1) is 0 Å². The Kier molecular flexibility index (Phi) is 6.35. The van der Waals surface area contributed by atoms with Gasteiger partial charge in [-0.15, -0.1) is 0 Å². The van der Waals surface area contributed by atoms with E-state index in [0.717, 1.165) is 31.3 Å². The lowest BCUT2D eigenvalue weighted by Gasteiger charge is -2.28. The number of nitrogens with zero attached hydrogens (tertiary/aromatic N) is 1. The van der Waals surface area contributed by atoms with Gasteiger partial charge in [0.15, 0.2) is 0 Å². The normalized spacial score (nSPS) is 22.0. The number of hydrogen-bond acceptors (Lipinski definition) is 3. The maximum absolute atomic E-state index is 10.2. The van der Waals surface area contributed by atoms with Crippen LogP contribution in [0.1, 0.15) is 62.8 Å². The van der Waals surface area contributed by atoms with Crippen molar-refractivity contribution in [3.05, 3.63) is 29.8 Å². The van der Waals surface area contributed by atoms with E-state index in [4.69, 9.17) is 4.74 Å². The molecule has 2 fully saturated rings. The molecular weight excluding hydrogens is 286 g/mol. The summed E-state index contributed by atoms with van der Waals surface area (Å²) in [5, 5.41) is 10.2. The molecule has 0 aromatic heterocycles. The molecule has 0 amide bonds. The largest absolute Gasteiger partial charge is 0.491 e. The molecule has 2 aliphatic rings. The zero-order valence-electron chi connectivity index (χ0n) is 14.3. The molecule has 128 valence electrons. The standard InChI is InChI=1S/C20H31NO2/c22-19(15-21-13-5-2-6-14-21)16-23-20-11-9-18(10-12-20)17-7-3-1-4-8-17/h9-12,17,19,22H,1-8,13-16H2/t19-/m0/s1. The molecule has 0 unspecified atom stereocenters. The summed E-state index contributed by atoms with van der Waals surface area (Å²) < 4.78 is 5.77. The molecule has 3 heteroatoms. The van der Waals surface area contributed by atoms with Gasteiger partial charge in [-0.2, -0.15) is 0 Å². The molecule has 1 aliphatic carbocycles. The molecule has 3 nitrogen and oxygen atoms in total. The Hall–Kier alpha value is -1.06. The fourth-order valence-corrected chi connectivity index (χ4v) is 3.96. The first-order chi connectivity index (χ1) is 11.3. The molecule has 0 radical (unpaired) electrons. The number of hydrogen-bond donors (Lipinski definition) is 1. The van der Waals surface area contributed by atoms with Crippen LogP contribution in [0.5, 0.6) is 5.75 Å². The van der Waals surface area contributed by atoms with Gasteiger partial charge in [-0.3, -0.25) is 0 Å². The summed E-state index contributed by atoms with van der Waals surface area (Å²) in [5.41, 5.74) is 1.45. The van der Waals surface area contributed by atoms with Crippen LogP contribution in [-0.4, -0.2) is 42.4 Å². The minimum Gasteiger partial charge on any atom is -0.491 e. The Morgan fingerprint density at radius 1 is 0.957 bits per heavy atom. The summed E-state index contributed by atoms with van der Waals surface area (Å²) in [6, 6.07) is 8.56. The second-order valence-electron chi connectivity index (χ2n) is 7.23. The molecule has 1 aromatic rings. The van der Waals surface area contributed by atoms with E-state index >= 15 is 0 Å². The third-order valence-electron chi connectivity index (χ3n) is 5.32. The highest BCUT2D eigenvalue weighted by Crippen LogP contribution is 2.33. The predicted octanol–water partition coefficient (Wildman–Crippen LogP) is 3.96.